The summed E-state index contributed by atoms with van der Waals surface area (Å²) < 4.78 is 32.5. The predicted molar refractivity (Wildman–Crippen MR) is 134 cm³/mol. The molecular formula is C26H23N3O5S. The van der Waals surface area contributed by atoms with E-state index < -0.39 is 21.8 Å². The van der Waals surface area contributed by atoms with Crippen molar-refractivity contribution in [1.82, 2.24) is 0 Å². The molecule has 0 aliphatic rings. The molecule has 178 valence electrons. The van der Waals surface area contributed by atoms with Crippen LogP contribution in [0.1, 0.15) is 26.5 Å². The number of hydrogen-bond acceptors (Lipinski definition) is 5. The summed E-state index contributed by atoms with van der Waals surface area (Å²) in [5.74, 6) is -0.738. The van der Waals surface area contributed by atoms with Crippen LogP contribution in [0.5, 0.6) is 0 Å². The molecule has 4 aromatic rings. The number of sulfonamides is 1. The van der Waals surface area contributed by atoms with E-state index in [2.05, 4.69) is 10.6 Å². The molecule has 3 aromatic carbocycles. The molecule has 0 aliphatic carbocycles. The summed E-state index contributed by atoms with van der Waals surface area (Å²) in [6.45, 7) is 1.80. The van der Waals surface area contributed by atoms with E-state index >= 15 is 0 Å². The third kappa shape index (κ3) is 5.25. The van der Waals surface area contributed by atoms with E-state index in [4.69, 9.17) is 4.42 Å². The van der Waals surface area contributed by atoms with Crippen molar-refractivity contribution in [3.05, 3.63) is 108 Å². The van der Waals surface area contributed by atoms with Gasteiger partial charge in [0, 0.05) is 24.0 Å². The lowest BCUT2D eigenvalue weighted by molar-refractivity contribution is 0.0993. The summed E-state index contributed by atoms with van der Waals surface area (Å²) in [5, 5.41) is 5.46. The summed E-state index contributed by atoms with van der Waals surface area (Å²) in [5.41, 5.74) is 2.35. The van der Waals surface area contributed by atoms with Crippen LogP contribution in [0, 0.1) is 6.92 Å². The number of carbonyl (C=O) groups excluding carboxylic acids is 2. The van der Waals surface area contributed by atoms with Crippen LogP contribution in [0.2, 0.25) is 0 Å². The maximum atomic E-state index is 13.1. The Balaban J connectivity index is 1.53. The van der Waals surface area contributed by atoms with Crippen molar-refractivity contribution in [3.8, 4) is 0 Å². The van der Waals surface area contributed by atoms with Crippen molar-refractivity contribution in [2.24, 2.45) is 0 Å². The topological polar surface area (TPSA) is 109 Å². The molecule has 0 aliphatic heterocycles. The highest BCUT2D eigenvalue weighted by atomic mass is 32.2. The molecule has 1 heterocycles. The largest absolute Gasteiger partial charge is 0.459 e. The summed E-state index contributed by atoms with van der Waals surface area (Å²) in [4.78, 5) is 25.3. The van der Waals surface area contributed by atoms with Gasteiger partial charge in [0.05, 0.1) is 16.8 Å². The fourth-order valence-electron chi connectivity index (χ4n) is 3.36. The molecule has 2 amide bonds. The molecule has 0 saturated heterocycles. The van der Waals surface area contributed by atoms with Gasteiger partial charge in [0.15, 0.2) is 5.76 Å². The van der Waals surface area contributed by atoms with Crippen LogP contribution in [-0.2, 0) is 10.0 Å². The molecule has 8 nitrogen and oxygen atoms in total. The van der Waals surface area contributed by atoms with Gasteiger partial charge in [-0.25, -0.2) is 8.42 Å². The SMILES string of the molecule is Cc1ccc(C(=O)Nc2cccc(S(=O)(=O)N(C)c3ccccc3)c2)cc1NC(=O)c1ccco1. The van der Waals surface area contributed by atoms with E-state index in [9.17, 15) is 18.0 Å². The van der Waals surface area contributed by atoms with Gasteiger partial charge in [-0.05, 0) is 67.1 Å². The second-order valence-electron chi connectivity index (χ2n) is 7.75. The van der Waals surface area contributed by atoms with Crippen molar-refractivity contribution in [2.75, 3.05) is 22.0 Å². The monoisotopic (exact) mass is 489 g/mol. The van der Waals surface area contributed by atoms with Crippen LogP contribution in [-0.4, -0.2) is 27.3 Å². The minimum Gasteiger partial charge on any atom is -0.459 e. The second kappa shape index (κ2) is 9.86. The standard InChI is InChI=1S/C26H23N3O5S/c1-18-13-14-19(16-23(18)28-26(31)24-12-7-15-34-24)25(30)27-20-8-6-11-22(17-20)35(32,33)29(2)21-9-4-3-5-10-21/h3-17H,1-2H3,(H,27,30)(H,28,31). The summed E-state index contributed by atoms with van der Waals surface area (Å²) in [6.07, 6.45) is 1.40. The maximum absolute atomic E-state index is 13.1. The number of anilines is 3. The van der Waals surface area contributed by atoms with E-state index in [1.165, 1.54) is 35.8 Å². The normalized spacial score (nSPS) is 11.0. The minimum atomic E-state index is -3.84. The number of hydrogen-bond donors (Lipinski definition) is 2. The molecule has 4 rings (SSSR count). The smallest absolute Gasteiger partial charge is 0.291 e. The van der Waals surface area contributed by atoms with E-state index in [0.717, 1.165) is 5.56 Å². The number of para-hydroxylation sites is 1. The Morgan fingerprint density at radius 3 is 2.31 bits per heavy atom. The summed E-state index contributed by atoms with van der Waals surface area (Å²) >= 11 is 0. The van der Waals surface area contributed by atoms with Gasteiger partial charge in [-0.2, -0.15) is 0 Å². The lowest BCUT2D eigenvalue weighted by atomic mass is 10.1. The zero-order valence-corrected chi connectivity index (χ0v) is 19.9. The summed E-state index contributed by atoms with van der Waals surface area (Å²) in [6, 6.07) is 22.8. The second-order valence-corrected chi connectivity index (χ2v) is 9.72. The zero-order chi connectivity index (χ0) is 25.0. The van der Waals surface area contributed by atoms with Crippen LogP contribution in [0.4, 0.5) is 17.1 Å². The van der Waals surface area contributed by atoms with Gasteiger partial charge in [0.1, 0.15) is 0 Å². The molecular weight excluding hydrogens is 466 g/mol. The number of rotatable bonds is 7. The molecule has 9 heteroatoms. The van der Waals surface area contributed by atoms with Gasteiger partial charge >= 0.3 is 0 Å². The van der Waals surface area contributed by atoms with Gasteiger partial charge in [-0.3, -0.25) is 13.9 Å². The fraction of sp³-hybridized carbons (Fsp3) is 0.0769. The number of nitrogens with zero attached hydrogens (tertiary/aromatic N) is 1. The Kier molecular flexibility index (Phi) is 6.70. The van der Waals surface area contributed by atoms with Crippen molar-refractivity contribution < 1.29 is 22.4 Å². The number of aryl methyl sites for hydroxylation is 1. The quantitative estimate of drug-likeness (QED) is 0.383. The van der Waals surface area contributed by atoms with Crippen LogP contribution < -0.4 is 14.9 Å². The fourth-order valence-corrected chi connectivity index (χ4v) is 4.60. The lowest BCUT2D eigenvalue weighted by Gasteiger charge is -2.20. The average molecular weight is 490 g/mol. The van der Waals surface area contributed by atoms with Gasteiger partial charge < -0.3 is 15.1 Å². The molecule has 0 saturated carbocycles. The first-order valence-corrected chi connectivity index (χ1v) is 12.1. The third-order valence-electron chi connectivity index (χ3n) is 5.36. The van der Waals surface area contributed by atoms with Crippen molar-refractivity contribution in [3.63, 3.8) is 0 Å². The number of amides is 2. The van der Waals surface area contributed by atoms with Gasteiger partial charge in [-0.15, -0.1) is 0 Å². The molecule has 1 aromatic heterocycles. The highest BCUT2D eigenvalue weighted by Gasteiger charge is 2.22. The number of benzene rings is 3. The summed E-state index contributed by atoms with van der Waals surface area (Å²) in [7, 11) is -2.36. The van der Waals surface area contributed by atoms with Gasteiger partial charge in [0.2, 0.25) is 0 Å². The maximum Gasteiger partial charge on any atom is 0.291 e. The molecule has 0 spiro atoms. The number of carbonyl (C=O) groups is 2. The van der Waals surface area contributed by atoms with E-state index in [1.54, 1.807) is 73.7 Å². The van der Waals surface area contributed by atoms with Crippen LogP contribution in [0.3, 0.4) is 0 Å². The Hall–Kier alpha value is -4.37. The number of nitrogens with one attached hydrogen (secondary N) is 2. The zero-order valence-electron chi connectivity index (χ0n) is 19.1. The average Bonchev–Trinajstić information content (AvgIpc) is 3.41. The first-order chi connectivity index (χ1) is 16.8. The first kappa shape index (κ1) is 23.8. The van der Waals surface area contributed by atoms with Crippen LogP contribution in [0.25, 0.3) is 0 Å². The Labute approximate surface area is 203 Å². The predicted octanol–water partition coefficient (Wildman–Crippen LogP) is 4.92. The molecule has 0 fully saturated rings. The van der Waals surface area contributed by atoms with E-state index in [-0.39, 0.29) is 10.7 Å². The highest BCUT2D eigenvalue weighted by molar-refractivity contribution is 7.92. The Bertz CT molecular complexity index is 1470. The molecule has 0 radical (unpaired) electrons. The highest BCUT2D eigenvalue weighted by Crippen LogP contribution is 2.24. The van der Waals surface area contributed by atoms with Crippen molar-refractivity contribution in [2.45, 2.75) is 11.8 Å². The molecule has 2 N–H and O–H groups in total. The van der Waals surface area contributed by atoms with E-state index in [1.807, 2.05) is 0 Å². The van der Waals surface area contributed by atoms with Gasteiger partial charge in [-0.1, -0.05) is 30.3 Å². The third-order valence-corrected chi connectivity index (χ3v) is 7.14. The molecule has 35 heavy (non-hydrogen) atoms. The Morgan fingerprint density at radius 2 is 1.60 bits per heavy atom. The molecule has 0 atom stereocenters. The van der Waals surface area contributed by atoms with Gasteiger partial charge in [0.25, 0.3) is 21.8 Å². The molecule has 0 unspecified atom stereocenters. The molecule has 0 bridgehead atoms. The Morgan fingerprint density at radius 1 is 0.829 bits per heavy atom. The minimum absolute atomic E-state index is 0.0389. The van der Waals surface area contributed by atoms with Crippen LogP contribution in [0.15, 0.2) is 101 Å². The van der Waals surface area contributed by atoms with E-state index in [0.29, 0.717) is 22.6 Å². The number of furan rings is 1. The van der Waals surface area contributed by atoms with Crippen molar-refractivity contribution >= 4 is 38.9 Å². The van der Waals surface area contributed by atoms with Crippen LogP contribution >= 0.6 is 0 Å². The first-order valence-electron chi connectivity index (χ1n) is 10.7. The van der Waals surface area contributed by atoms with Crippen molar-refractivity contribution in [1.29, 1.82) is 0 Å². The lowest BCUT2D eigenvalue weighted by Crippen LogP contribution is -2.26.